The fourth-order valence-corrected chi connectivity index (χ4v) is 3.49. The van der Waals surface area contributed by atoms with Crippen molar-refractivity contribution >= 4 is 23.4 Å². The van der Waals surface area contributed by atoms with Gasteiger partial charge in [0.05, 0.1) is 5.69 Å². The molecule has 1 aliphatic heterocycles. The molecule has 0 aromatic heterocycles. The third-order valence-corrected chi connectivity index (χ3v) is 4.80. The van der Waals surface area contributed by atoms with Crippen molar-refractivity contribution in [2.24, 2.45) is 0 Å². The van der Waals surface area contributed by atoms with Crippen molar-refractivity contribution in [1.29, 1.82) is 0 Å². The van der Waals surface area contributed by atoms with Gasteiger partial charge in [-0.15, -0.1) is 11.8 Å². The molecule has 0 spiro atoms. The number of carbonyl (C=O) groups is 1. The second kappa shape index (κ2) is 6.40. The van der Waals surface area contributed by atoms with Crippen LogP contribution in [0.15, 0.2) is 53.4 Å². The Balaban J connectivity index is 1.73. The van der Waals surface area contributed by atoms with Crippen LogP contribution in [0.5, 0.6) is 5.75 Å². The predicted octanol–water partition coefficient (Wildman–Crippen LogP) is 3.73. The molecule has 22 heavy (non-hydrogen) atoms. The van der Waals surface area contributed by atoms with E-state index in [0.29, 0.717) is 5.75 Å². The van der Waals surface area contributed by atoms with E-state index in [2.05, 4.69) is 0 Å². The molecule has 0 aliphatic carbocycles. The molecule has 1 amide bonds. The molecule has 2 aromatic rings. The highest BCUT2D eigenvalue weighted by Gasteiger charge is 2.28. The molecular formula is C17H16FNO2S. The van der Waals surface area contributed by atoms with E-state index in [1.54, 1.807) is 16.7 Å². The fraction of sp³-hybridized carbons (Fsp3) is 0.235. The summed E-state index contributed by atoms with van der Waals surface area (Å²) in [5, 5.41) is 0. The van der Waals surface area contributed by atoms with Crippen molar-refractivity contribution in [2.75, 3.05) is 17.3 Å². The van der Waals surface area contributed by atoms with Crippen LogP contribution in [-0.2, 0) is 4.79 Å². The molecule has 2 aromatic carbocycles. The first-order chi connectivity index (χ1) is 10.6. The molecule has 1 atom stereocenters. The quantitative estimate of drug-likeness (QED) is 0.864. The summed E-state index contributed by atoms with van der Waals surface area (Å²) in [5.41, 5.74) is 0.930. The van der Waals surface area contributed by atoms with E-state index < -0.39 is 0 Å². The summed E-state index contributed by atoms with van der Waals surface area (Å²) in [6.07, 6.45) is 0. The number of halogens is 1. The van der Waals surface area contributed by atoms with Gasteiger partial charge in [-0.1, -0.05) is 12.1 Å². The summed E-state index contributed by atoms with van der Waals surface area (Å²) in [6, 6.07) is 13.7. The van der Waals surface area contributed by atoms with Crippen molar-refractivity contribution in [1.82, 2.24) is 0 Å². The maximum absolute atomic E-state index is 12.9. The van der Waals surface area contributed by atoms with Crippen molar-refractivity contribution in [2.45, 2.75) is 17.9 Å². The summed E-state index contributed by atoms with van der Waals surface area (Å²) in [4.78, 5) is 15.4. The fourth-order valence-electron chi connectivity index (χ4n) is 2.43. The van der Waals surface area contributed by atoms with Gasteiger partial charge in [0, 0.05) is 16.7 Å². The largest absolute Gasteiger partial charge is 0.484 e. The van der Waals surface area contributed by atoms with E-state index in [1.807, 2.05) is 31.2 Å². The molecule has 0 N–H and O–H groups in total. The minimum atomic E-state index is -0.325. The number of hydrogen-bond donors (Lipinski definition) is 0. The van der Waals surface area contributed by atoms with Crippen LogP contribution in [0.2, 0.25) is 0 Å². The first kappa shape index (κ1) is 14.9. The Morgan fingerprint density at radius 2 is 2.00 bits per heavy atom. The second-order valence-electron chi connectivity index (χ2n) is 5.13. The maximum Gasteiger partial charge on any atom is 0.265 e. The van der Waals surface area contributed by atoms with Gasteiger partial charge in [0.15, 0.2) is 6.61 Å². The lowest BCUT2D eigenvalue weighted by atomic mass is 10.2. The van der Waals surface area contributed by atoms with E-state index >= 15 is 0 Å². The van der Waals surface area contributed by atoms with Crippen LogP contribution in [-0.4, -0.2) is 24.3 Å². The van der Waals surface area contributed by atoms with Crippen LogP contribution in [0.25, 0.3) is 0 Å². The van der Waals surface area contributed by atoms with Gasteiger partial charge in [0.1, 0.15) is 11.6 Å². The van der Waals surface area contributed by atoms with Crippen LogP contribution >= 0.6 is 11.8 Å². The third kappa shape index (κ3) is 3.09. The monoisotopic (exact) mass is 317 g/mol. The lowest BCUT2D eigenvalue weighted by Gasteiger charge is -2.34. The van der Waals surface area contributed by atoms with Crippen molar-refractivity contribution < 1.29 is 13.9 Å². The zero-order valence-corrected chi connectivity index (χ0v) is 13.0. The Labute approximate surface area is 133 Å². The lowest BCUT2D eigenvalue weighted by molar-refractivity contribution is -0.120. The molecule has 3 nitrogen and oxygen atoms in total. The number of rotatable bonds is 3. The number of carbonyl (C=O) groups excluding carboxylic acids is 1. The number of para-hydroxylation sites is 1. The average molecular weight is 317 g/mol. The van der Waals surface area contributed by atoms with E-state index in [1.165, 1.54) is 24.3 Å². The van der Waals surface area contributed by atoms with Gasteiger partial charge in [-0.25, -0.2) is 4.39 Å². The molecule has 0 radical (unpaired) electrons. The summed E-state index contributed by atoms with van der Waals surface area (Å²) in [7, 11) is 0. The van der Waals surface area contributed by atoms with Gasteiger partial charge in [-0.2, -0.15) is 0 Å². The number of nitrogens with zero attached hydrogens (tertiary/aromatic N) is 1. The predicted molar refractivity (Wildman–Crippen MR) is 86.0 cm³/mol. The molecule has 1 aliphatic rings. The number of anilines is 1. The highest BCUT2D eigenvalue weighted by molar-refractivity contribution is 7.99. The van der Waals surface area contributed by atoms with Crippen LogP contribution in [0.4, 0.5) is 10.1 Å². The van der Waals surface area contributed by atoms with Crippen molar-refractivity contribution in [3.05, 3.63) is 54.3 Å². The zero-order valence-electron chi connectivity index (χ0n) is 12.2. The number of ether oxygens (including phenoxy) is 1. The minimum absolute atomic E-state index is 0.0605. The summed E-state index contributed by atoms with van der Waals surface area (Å²) >= 11 is 1.76. The van der Waals surface area contributed by atoms with Crippen molar-refractivity contribution in [3.8, 4) is 5.75 Å². The maximum atomic E-state index is 12.9. The molecule has 1 heterocycles. The molecule has 0 bridgehead atoms. The van der Waals surface area contributed by atoms with Gasteiger partial charge in [-0.3, -0.25) is 4.79 Å². The first-order valence-electron chi connectivity index (χ1n) is 7.07. The molecular weight excluding hydrogens is 301 g/mol. The van der Waals surface area contributed by atoms with Gasteiger partial charge in [0.2, 0.25) is 0 Å². The number of fused-ring (bicyclic) bond motifs is 1. The molecule has 3 rings (SSSR count). The standard InChI is InChI=1S/C17H16FNO2S/c1-12-11-22-16-5-3-2-4-15(16)19(12)17(20)10-21-14-8-6-13(18)7-9-14/h2-9,12H,10-11H2,1H3. The van der Waals surface area contributed by atoms with Crippen molar-refractivity contribution in [3.63, 3.8) is 0 Å². The third-order valence-electron chi connectivity index (χ3n) is 3.49. The Morgan fingerprint density at radius 3 is 2.77 bits per heavy atom. The lowest BCUT2D eigenvalue weighted by Crippen LogP contribution is -2.44. The summed E-state index contributed by atoms with van der Waals surface area (Å²) in [6.45, 7) is 1.97. The smallest absolute Gasteiger partial charge is 0.265 e. The average Bonchev–Trinajstić information content (AvgIpc) is 2.54. The van der Waals surface area contributed by atoms with E-state index in [4.69, 9.17) is 4.74 Å². The molecule has 114 valence electrons. The molecule has 1 unspecified atom stereocenters. The highest BCUT2D eigenvalue weighted by atomic mass is 32.2. The molecule has 5 heteroatoms. The van der Waals surface area contributed by atoms with Gasteiger partial charge >= 0.3 is 0 Å². The number of amides is 1. The van der Waals surface area contributed by atoms with Crippen LogP contribution in [0, 0.1) is 5.82 Å². The van der Waals surface area contributed by atoms with Crippen LogP contribution in [0.1, 0.15) is 6.92 Å². The van der Waals surface area contributed by atoms with Gasteiger partial charge < -0.3 is 9.64 Å². The Morgan fingerprint density at radius 1 is 1.27 bits per heavy atom. The van der Waals surface area contributed by atoms with E-state index in [0.717, 1.165) is 16.3 Å². The van der Waals surface area contributed by atoms with Gasteiger partial charge in [0.25, 0.3) is 5.91 Å². The minimum Gasteiger partial charge on any atom is -0.484 e. The molecule has 0 fully saturated rings. The SMILES string of the molecule is CC1CSc2ccccc2N1C(=O)COc1ccc(F)cc1. The summed E-state index contributed by atoms with van der Waals surface area (Å²) in [5.74, 6) is 0.931. The van der Waals surface area contributed by atoms with Crippen LogP contribution in [0.3, 0.4) is 0 Å². The van der Waals surface area contributed by atoms with Gasteiger partial charge in [-0.05, 0) is 43.3 Å². The van der Waals surface area contributed by atoms with E-state index in [9.17, 15) is 9.18 Å². The summed E-state index contributed by atoms with van der Waals surface area (Å²) < 4.78 is 18.3. The number of benzene rings is 2. The number of thioether (sulfide) groups is 1. The van der Waals surface area contributed by atoms with Crippen LogP contribution < -0.4 is 9.64 Å². The normalized spacial score (nSPS) is 17.0. The molecule has 0 saturated heterocycles. The topological polar surface area (TPSA) is 29.5 Å². The van der Waals surface area contributed by atoms with E-state index in [-0.39, 0.29) is 24.4 Å². The Hall–Kier alpha value is -2.01. The second-order valence-corrected chi connectivity index (χ2v) is 6.20. The first-order valence-corrected chi connectivity index (χ1v) is 8.06. The Kier molecular flexibility index (Phi) is 4.34. The highest BCUT2D eigenvalue weighted by Crippen LogP contribution is 2.37. The number of hydrogen-bond acceptors (Lipinski definition) is 3. The molecule has 0 saturated carbocycles. The Bertz CT molecular complexity index is 675. The zero-order chi connectivity index (χ0) is 15.5.